The number of hydrazone groups is 1. The van der Waals surface area contributed by atoms with E-state index >= 15 is 0 Å². The Morgan fingerprint density at radius 2 is 2.12 bits per heavy atom. The van der Waals surface area contributed by atoms with Crippen molar-refractivity contribution < 1.29 is 23.5 Å². The summed E-state index contributed by atoms with van der Waals surface area (Å²) in [7, 11) is 0. The lowest BCUT2D eigenvalue weighted by Gasteiger charge is -2.26. The van der Waals surface area contributed by atoms with Crippen LogP contribution in [0.1, 0.15) is 28.9 Å². The van der Waals surface area contributed by atoms with E-state index in [1.165, 1.54) is 23.7 Å². The third kappa shape index (κ3) is 4.30. The second-order valence-electron chi connectivity index (χ2n) is 6.69. The Bertz CT molecular complexity index is 1160. The van der Waals surface area contributed by atoms with E-state index in [0.717, 1.165) is 0 Å². The molecule has 0 aromatic carbocycles. The second-order valence-corrected chi connectivity index (χ2v) is 6.69. The Morgan fingerprint density at radius 3 is 2.78 bits per heavy atom. The number of furan rings is 1. The summed E-state index contributed by atoms with van der Waals surface area (Å²) in [5, 5.41) is 29.9. The van der Waals surface area contributed by atoms with Crippen LogP contribution in [0.5, 0.6) is 0 Å². The van der Waals surface area contributed by atoms with Gasteiger partial charge in [-0.1, -0.05) is 5.21 Å². The fourth-order valence-electron chi connectivity index (χ4n) is 2.96. The molecular weight excluding hydrogens is 428 g/mol. The van der Waals surface area contributed by atoms with Gasteiger partial charge in [-0.15, -0.1) is 5.10 Å². The molecule has 0 atom stereocenters. The number of nitrogens with zero attached hydrogens (tertiary/aromatic N) is 8. The Balaban J connectivity index is 1.58. The number of carbonyl (C=O) groups excluding carboxylic acids is 1. The smallest absolute Gasteiger partial charge is 0.399 e. The number of nitrogens with two attached hydrogens (primary N) is 1. The molecule has 1 fully saturated rings. The summed E-state index contributed by atoms with van der Waals surface area (Å²) >= 11 is 0. The molecule has 4 rings (SSSR count). The molecule has 32 heavy (non-hydrogen) atoms. The molecule has 16 heteroatoms. The molecule has 3 aromatic heterocycles. The second kappa shape index (κ2) is 8.90. The standard InChI is InChI=1S/C16H18N10O6/c1-9(11-2-3-12(31-11)26(28)29)18-20-16(27)13-10(8-24-4-6-30-7-5-24)25(23-19-13)15-14(17)21-32-22-15/h2-3H,4-8H2,1H3,(H2,17,21)(H,20,27)/b18-9-. The number of morpholine rings is 1. The van der Waals surface area contributed by atoms with Crippen molar-refractivity contribution in [3.8, 4) is 5.82 Å². The summed E-state index contributed by atoms with van der Waals surface area (Å²) < 4.78 is 16.3. The van der Waals surface area contributed by atoms with E-state index in [4.69, 9.17) is 14.9 Å². The van der Waals surface area contributed by atoms with Crippen LogP contribution in [0, 0.1) is 10.1 Å². The van der Waals surface area contributed by atoms with Crippen molar-refractivity contribution in [1.82, 2.24) is 35.6 Å². The molecule has 0 radical (unpaired) electrons. The molecule has 3 N–H and O–H groups in total. The molecule has 16 nitrogen and oxygen atoms in total. The van der Waals surface area contributed by atoms with E-state index in [1.54, 1.807) is 0 Å². The lowest BCUT2D eigenvalue weighted by molar-refractivity contribution is -0.402. The number of rotatable bonds is 7. The predicted molar refractivity (Wildman–Crippen MR) is 105 cm³/mol. The van der Waals surface area contributed by atoms with Crippen LogP contribution >= 0.6 is 0 Å². The molecule has 1 saturated heterocycles. The van der Waals surface area contributed by atoms with Crippen LogP contribution in [0.2, 0.25) is 0 Å². The number of amides is 1. The third-order valence-electron chi connectivity index (χ3n) is 4.61. The van der Waals surface area contributed by atoms with Gasteiger partial charge in [0, 0.05) is 19.6 Å². The van der Waals surface area contributed by atoms with Gasteiger partial charge in [0.2, 0.25) is 11.6 Å². The average Bonchev–Trinajstić information content (AvgIpc) is 3.52. The fraction of sp³-hybridized carbons (Fsp3) is 0.375. The van der Waals surface area contributed by atoms with Crippen LogP contribution in [-0.2, 0) is 11.3 Å². The van der Waals surface area contributed by atoms with Gasteiger partial charge in [-0.05, 0) is 23.3 Å². The number of carbonyl (C=O) groups is 1. The third-order valence-corrected chi connectivity index (χ3v) is 4.61. The van der Waals surface area contributed by atoms with E-state index in [0.29, 0.717) is 38.5 Å². The first-order chi connectivity index (χ1) is 15.4. The van der Waals surface area contributed by atoms with Crippen LogP contribution in [0.25, 0.3) is 5.82 Å². The van der Waals surface area contributed by atoms with Gasteiger partial charge < -0.3 is 14.9 Å². The topological polar surface area (TPSA) is 206 Å². The largest absolute Gasteiger partial charge is 0.433 e. The van der Waals surface area contributed by atoms with Crippen molar-refractivity contribution in [3.63, 3.8) is 0 Å². The number of nitrogens with one attached hydrogen (secondary N) is 1. The van der Waals surface area contributed by atoms with E-state index in [-0.39, 0.29) is 28.8 Å². The Morgan fingerprint density at radius 1 is 1.34 bits per heavy atom. The first kappa shape index (κ1) is 21.1. The van der Waals surface area contributed by atoms with Gasteiger partial charge in [0.05, 0.1) is 25.0 Å². The molecule has 1 aliphatic rings. The first-order valence-electron chi connectivity index (χ1n) is 9.36. The van der Waals surface area contributed by atoms with Gasteiger partial charge in [0.25, 0.3) is 5.91 Å². The minimum atomic E-state index is -0.671. The average molecular weight is 446 g/mol. The molecule has 3 aromatic rings. The van der Waals surface area contributed by atoms with Crippen LogP contribution in [-0.4, -0.2) is 73.1 Å². The van der Waals surface area contributed by atoms with Crippen LogP contribution in [0.15, 0.2) is 26.3 Å². The highest BCUT2D eigenvalue weighted by atomic mass is 16.6. The van der Waals surface area contributed by atoms with Gasteiger partial charge >= 0.3 is 5.88 Å². The number of nitro groups is 1. The Labute approximate surface area is 179 Å². The van der Waals surface area contributed by atoms with Gasteiger partial charge in [0.1, 0.15) is 10.6 Å². The normalized spacial score (nSPS) is 15.1. The minimum absolute atomic E-state index is 0.0131. The number of hydrogen-bond donors (Lipinski definition) is 2. The van der Waals surface area contributed by atoms with Crippen molar-refractivity contribution >= 4 is 23.3 Å². The lowest BCUT2D eigenvalue weighted by atomic mass is 10.2. The van der Waals surface area contributed by atoms with Gasteiger partial charge in [-0.25, -0.2) is 10.1 Å². The SMILES string of the molecule is C/C(=N/NC(=O)c1nnn(-c2nonc2N)c1CN1CCOCC1)c1ccc([N+](=O)[O-])o1. The zero-order valence-electron chi connectivity index (χ0n) is 16.8. The van der Waals surface area contributed by atoms with Crippen molar-refractivity contribution in [2.45, 2.75) is 13.5 Å². The van der Waals surface area contributed by atoms with Gasteiger partial charge in [-0.3, -0.25) is 19.8 Å². The lowest BCUT2D eigenvalue weighted by Crippen LogP contribution is -2.37. The Kier molecular flexibility index (Phi) is 5.86. The quantitative estimate of drug-likeness (QED) is 0.273. The van der Waals surface area contributed by atoms with E-state index < -0.39 is 16.7 Å². The zero-order chi connectivity index (χ0) is 22.7. The first-order valence-corrected chi connectivity index (χ1v) is 9.36. The summed E-state index contributed by atoms with van der Waals surface area (Å²) in [5.41, 5.74) is 8.74. The molecule has 1 amide bonds. The number of ether oxygens (including phenoxy) is 1. The highest BCUT2D eigenvalue weighted by Crippen LogP contribution is 2.19. The summed E-state index contributed by atoms with van der Waals surface area (Å²) in [5.74, 6) is -0.873. The Hall–Kier alpha value is -4.18. The maximum absolute atomic E-state index is 12.8. The molecule has 168 valence electrons. The highest BCUT2D eigenvalue weighted by molar-refractivity contribution is 5.99. The fourth-order valence-corrected chi connectivity index (χ4v) is 2.96. The molecule has 0 unspecified atom stereocenters. The molecule has 0 saturated carbocycles. The molecule has 1 aliphatic heterocycles. The van der Waals surface area contributed by atoms with E-state index in [1.807, 2.05) is 0 Å². The van der Waals surface area contributed by atoms with Crippen LogP contribution < -0.4 is 11.2 Å². The summed E-state index contributed by atoms with van der Waals surface area (Å²) in [6.07, 6.45) is 0. The summed E-state index contributed by atoms with van der Waals surface area (Å²) in [4.78, 5) is 25.0. The number of aromatic nitrogens is 5. The van der Waals surface area contributed by atoms with Gasteiger partial charge in [0.15, 0.2) is 11.5 Å². The number of nitrogen functional groups attached to an aromatic ring is 1. The van der Waals surface area contributed by atoms with Crippen molar-refractivity contribution in [2.75, 3.05) is 32.0 Å². The predicted octanol–water partition coefficient (Wildman–Crippen LogP) is -0.280. The maximum atomic E-state index is 12.8. The van der Waals surface area contributed by atoms with Gasteiger partial charge in [-0.2, -0.15) is 9.78 Å². The molecule has 0 bridgehead atoms. The highest BCUT2D eigenvalue weighted by Gasteiger charge is 2.26. The molecule has 0 aliphatic carbocycles. The maximum Gasteiger partial charge on any atom is 0.433 e. The summed E-state index contributed by atoms with van der Waals surface area (Å²) in [6, 6.07) is 2.57. The molecule has 0 spiro atoms. The van der Waals surface area contributed by atoms with E-state index in [2.05, 4.69) is 40.7 Å². The van der Waals surface area contributed by atoms with Crippen molar-refractivity contribution in [1.29, 1.82) is 0 Å². The minimum Gasteiger partial charge on any atom is -0.399 e. The van der Waals surface area contributed by atoms with Crippen molar-refractivity contribution in [2.24, 2.45) is 5.10 Å². The van der Waals surface area contributed by atoms with E-state index in [9.17, 15) is 14.9 Å². The number of anilines is 1. The molecular formula is C16H18N10O6. The number of hydrogen-bond acceptors (Lipinski definition) is 13. The zero-order valence-corrected chi connectivity index (χ0v) is 16.8. The van der Waals surface area contributed by atoms with Crippen molar-refractivity contribution in [3.05, 3.63) is 39.4 Å². The summed E-state index contributed by atoms with van der Waals surface area (Å²) in [6.45, 7) is 4.22. The van der Waals surface area contributed by atoms with Crippen LogP contribution in [0.4, 0.5) is 11.7 Å². The monoisotopic (exact) mass is 446 g/mol. The molecule has 4 heterocycles. The van der Waals surface area contributed by atoms with Crippen LogP contribution in [0.3, 0.4) is 0 Å².